The van der Waals surface area contributed by atoms with Crippen molar-refractivity contribution in [1.29, 1.82) is 0 Å². The van der Waals surface area contributed by atoms with Crippen molar-refractivity contribution in [2.24, 2.45) is 0 Å². The van der Waals surface area contributed by atoms with E-state index in [0.29, 0.717) is 13.0 Å². The number of unbranched alkanes of at least 4 members (excludes halogenated alkanes) is 30. The highest BCUT2D eigenvalue weighted by atomic mass is 16.7. The van der Waals surface area contributed by atoms with Gasteiger partial charge in [0.2, 0.25) is 0 Å². The third kappa shape index (κ3) is 32.1. The highest BCUT2D eigenvalue weighted by Gasteiger charge is 2.47. The molecule has 0 aromatic carbocycles. The van der Waals surface area contributed by atoms with E-state index in [1.807, 2.05) is 0 Å². The molecule has 2 rings (SSSR count). The molecule has 0 aromatic heterocycles. The van der Waals surface area contributed by atoms with Crippen LogP contribution in [0.25, 0.3) is 0 Å². The van der Waals surface area contributed by atoms with E-state index in [4.69, 9.17) is 28.4 Å². The number of allylic oxidation sites excluding steroid dienone is 4. The molecule has 14 nitrogen and oxygen atoms in total. The smallest absolute Gasteiger partial charge is 0.306 e. The van der Waals surface area contributed by atoms with E-state index in [2.05, 4.69) is 38.2 Å². The zero-order valence-corrected chi connectivity index (χ0v) is 45.4. The summed E-state index contributed by atoms with van der Waals surface area (Å²) >= 11 is 0. The minimum absolute atomic E-state index is 0.0619. The maximum Gasteiger partial charge on any atom is 0.306 e. The minimum Gasteiger partial charge on any atom is -0.457 e. The monoisotopic (exact) mass is 1030 g/mol. The number of rotatable bonds is 48. The summed E-state index contributed by atoms with van der Waals surface area (Å²) < 4.78 is 34.4. The molecule has 11 unspecified atom stereocenters. The van der Waals surface area contributed by atoms with Crippen LogP contribution < -0.4 is 0 Å². The van der Waals surface area contributed by atoms with Crippen LogP contribution in [0.4, 0.5) is 0 Å². The number of hydrogen-bond donors (Lipinski definition) is 7. The average molecular weight is 1030 g/mol. The molecular weight excluding hydrogens is 921 g/mol. The van der Waals surface area contributed by atoms with Crippen molar-refractivity contribution >= 4 is 5.97 Å². The first-order chi connectivity index (χ1) is 35.1. The fraction of sp³-hybridized carbons (Fsp3) is 0.914. The molecule has 7 N–H and O–H groups in total. The average Bonchev–Trinajstić information content (AvgIpc) is 3.38. The summed E-state index contributed by atoms with van der Waals surface area (Å²) in [6.07, 6.45) is 35.2. The molecule has 0 saturated carbocycles. The Labute approximate surface area is 437 Å². The fourth-order valence-corrected chi connectivity index (χ4v) is 9.44. The molecule has 2 fully saturated rings. The maximum absolute atomic E-state index is 13.1. The summed E-state index contributed by atoms with van der Waals surface area (Å²) in [5.74, 6) is -0.373. The summed E-state index contributed by atoms with van der Waals surface area (Å²) in [5, 5.41) is 72.3. The zero-order chi connectivity index (χ0) is 52.3. The van der Waals surface area contributed by atoms with Crippen molar-refractivity contribution in [3.05, 3.63) is 24.3 Å². The van der Waals surface area contributed by atoms with Gasteiger partial charge in [-0.25, -0.2) is 0 Å². The lowest BCUT2D eigenvalue weighted by molar-refractivity contribution is -0.332. The quantitative estimate of drug-likeness (QED) is 0.0172. The molecule has 2 aliphatic heterocycles. The van der Waals surface area contributed by atoms with Gasteiger partial charge in [-0.2, -0.15) is 0 Å². The highest BCUT2D eigenvalue weighted by molar-refractivity contribution is 5.69. The van der Waals surface area contributed by atoms with Gasteiger partial charge in [0.05, 0.1) is 26.4 Å². The Balaban J connectivity index is 1.71. The topological polar surface area (TPSA) is 214 Å². The number of carbonyl (C=O) groups excluding carboxylic acids is 1. The molecule has 0 bridgehead atoms. The Hall–Kier alpha value is -1.53. The molecule has 0 aliphatic carbocycles. The second kappa shape index (κ2) is 45.6. The molecule has 424 valence electrons. The molecular formula is C58H108O14. The number of ether oxygens (including phenoxy) is 6. The Bertz CT molecular complexity index is 1290. The SMILES string of the molecule is CCCCCC/C=C\C/C=C\CCCCCCCCCCOCC(COC1OC(COC2OC(CO)C(O)C(O)C2O)C(O)C(O)C1O)OC(=O)CCCCCCCCCCCCCCCCCCCCC. The van der Waals surface area contributed by atoms with Gasteiger partial charge in [-0.05, 0) is 44.9 Å². The second-order valence-electron chi connectivity index (χ2n) is 20.8. The Kier molecular flexibility index (Phi) is 42.2. The van der Waals surface area contributed by atoms with E-state index in [-0.39, 0.29) is 25.6 Å². The lowest BCUT2D eigenvalue weighted by Gasteiger charge is -2.42. The first kappa shape index (κ1) is 66.6. The van der Waals surface area contributed by atoms with Crippen molar-refractivity contribution in [3.63, 3.8) is 0 Å². The normalized spacial score (nSPS) is 25.2. The lowest BCUT2D eigenvalue weighted by atomic mass is 9.98. The van der Waals surface area contributed by atoms with E-state index in [9.17, 15) is 40.5 Å². The molecule has 0 aromatic rings. The Morgan fingerprint density at radius 3 is 1.35 bits per heavy atom. The van der Waals surface area contributed by atoms with Crippen LogP contribution in [-0.4, -0.2) is 142 Å². The van der Waals surface area contributed by atoms with Crippen molar-refractivity contribution < 1.29 is 69.0 Å². The van der Waals surface area contributed by atoms with Crippen LogP contribution in [0, 0.1) is 0 Å². The van der Waals surface area contributed by atoms with Crippen molar-refractivity contribution in [1.82, 2.24) is 0 Å². The summed E-state index contributed by atoms with van der Waals surface area (Å²) in [5.41, 5.74) is 0. The van der Waals surface area contributed by atoms with E-state index in [1.54, 1.807) is 0 Å². The summed E-state index contributed by atoms with van der Waals surface area (Å²) in [4.78, 5) is 13.1. The Morgan fingerprint density at radius 2 is 0.861 bits per heavy atom. The number of carbonyl (C=O) groups is 1. The van der Waals surface area contributed by atoms with Gasteiger partial charge in [0.1, 0.15) is 54.9 Å². The van der Waals surface area contributed by atoms with Crippen LogP contribution in [0.15, 0.2) is 24.3 Å². The van der Waals surface area contributed by atoms with Gasteiger partial charge in [0, 0.05) is 13.0 Å². The van der Waals surface area contributed by atoms with Crippen LogP contribution in [0.3, 0.4) is 0 Å². The van der Waals surface area contributed by atoms with Crippen LogP contribution in [-0.2, 0) is 33.2 Å². The highest BCUT2D eigenvalue weighted by Crippen LogP contribution is 2.27. The number of hydrogen-bond acceptors (Lipinski definition) is 14. The minimum atomic E-state index is -1.71. The van der Waals surface area contributed by atoms with E-state index in [1.165, 1.54) is 161 Å². The van der Waals surface area contributed by atoms with E-state index < -0.39 is 80.7 Å². The van der Waals surface area contributed by atoms with Gasteiger partial charge in [-0.15, -0.1) is 0 Å². The first-order valence-corrected chi connectivity index (χ1v) is 29.4. The number of aliphatic hydroxyl groups is 7. The number of aliphatic hydroxyl groups excluding tert-OH is 7. The molecule has 72 heavy (non-hydrogen) atoms. The molecule has 2 saturated heterocycles. The van der Waals surface area contributed by atoms with Gasteiger partial charge in [0.15, 0.2) is 12.6 Å². The van der Waals surface area contributed by atoms with Gasteiger partial charge >= 0.3 is 5.97 Å². The predicted molar refractivity (Wildman–Crippen MR) is 284 cm³/mol. The lowest BCUT2D eigenvalue weighted by Crippen LogP contribution is -2.61. The standard InChI is InChI=1S/C58H108O14/c1-3-5-7-9-11-13-15-17-19-21-23-25-27-29-31-33-35-37-39-41-50(60)70-47(44-67-42-40-38-36-34-32-30-28-26-24-22-20-18-16-14-12-10-8-6-4-2)45-68-57-56(66)54(64)52(62)49(72-57)46-69-58-55(65)53(63)51(61)48(43-59)71-58/h14,16,20,22,47-49,51-59,61-66H,3-13,15,17-19,21,23-46H2,1-2H3/b16-14-,22-20-. The molecule has 0 amide bonds. The van der Waals surface area contributed by atoms with E-state index >= 15 is 0 Å². The summed E-state index contributed by atoms with van der Waals surface area (Å²) in [6, 6.07) is 0. The van der Waals surface area contributed by atoms with Crippen LogP contribution in [0.5, 0.6) is 0 Å². The molecule has 14 heteroatoms. The second-order valence-corrected chi connectivity index (χ2v) is 20.8. The van der Waals surface area contributed by atoms with Crippen molar-refractivity contribution in [3.8, 4) is 0 Å². The zero-order valence-electron chi connectivity index (χ0n) is 45.4. The maximum atomic E-state index is 13.1. The summed E-state index contributed by atoms with van der Waals surface area (Å²) in [7, 11) is 0. The third-order valence-electron chi connectivity index (χ3n) is 14.2. The van der Waals surface area contributed by atoms with Gasteiger partial charge in [-0.3, -0.25) is 4.79 Å². The fourth-order valence-electron chi connectivity index (χ4n) is 9.44. The first-order valence-electron chi connectivity index (χ1n) is 29.4. The third-order valence-corrected chi connectivity index (χ3v) is 14.2. The molecule has 11 atom stereocenters. The molecule has 2 heterocycles. The van der Waals surface area contributed by atoms with E-state index in [0.717, 1.165) is 51.4 Å². The molecule has 0 spiro atoms. The largest absolute Gasteiger partial charge is 0.457 e. The summed E-state index contributed by atoms with van der Waals surface area (Å²) in [6.45, 7) is 3.71. The van der Waals surface area contributed by atoms with Crippen molar-refractivity contribution in [2.75, 3.05) is 33.0 Å². The van der Waals surface area contributed by atoms with Gasteiger partial charge in [0.25, 0.3) is 0 Å². The van der Waals surface area contributed by atoms with Gasteiger partial charge < -0.3 is 64.2 Å². The van der Waals surface area contributed by atoms with Crippen LogP contribution in [0.2, 0.25) is 0 Å². The van der Waals surface area contributed by atoms with Crippen LogP contribution >= 0.6 is 0 Å². The van der Waals surface area contributed by atoms with Crippen LogP contribution in [0.1, 0.15) is 239 Å². The molecule has 2 aliphatic rings. The number of esters is 1. The predicted octanol–water partition coefficient (Wildman–Crippen LogP) is 10.4. The Morgan fingerprint density at radius 1 is 0.458 bits per heavy atom. The van der Waals surface area contributed by atoms with Crippen molar-refractivity contribution in [2.45, 2.75) is 306 Å². The molecule has 0 radical (unpaired) electrons. The van der Waals surface area contributed by atoms with Gasteiger partial charge in [-0.1, -0.05) is 212 Å².